The second kappa shape index (κ2) is 5.66. The van der Waals surface area contributed by atoms with Gasteiger partial charge in [0.2, 0.25) is 0 Å². The molecule has 2 atom stereocenters. The Balaban J connectivity index is 2.35. The Morgan fingerprint density at radius 2 is 2.43 bits per heavy atom. The Kier molecular flexibility index (Phi) is 4.81. The van der Waals surface area contributed by atoms with E-state index < -0.39 is 0 Å². The molecule has 0 bridgehead atoms. The molecular weight excluding hydrogens is 180 g/mol. The van der Waals surface area contributed by atoms with Crippen molar-refractivity contribution < 1.29 is 9.47 Å². The summed E-state index contributed by atoms with van der Waals surface area (Å²) in [5.41, 5.74) is 2.78. The van der Waals surface area contributed by atoms with Crippen LogP contribution in [0.1, 0.15) is 32.6 Å². The molecule has 0 amide bonds. The first-order valence-corrected chi connectivity index (χ1v) is 5.32. The van der Waals surface area contributed by atoms with Crippen LogP contribution in [0.5, 0.6) is 0 Å². The molecule has 84 valence electrons. The standard InChI is InChI=1S/C10H22N2O2/c1-10(6-4-8-14-10)9(12-11)5-3-7-13-2/h9,12H,3-8,11H2,1-2H3. The summed E-state index contributed by atoms with van der Waals surface area (Å²) < 4.78 is 10.8. The molecule has 2 unspecified atom stereocenters. The highest BCUT2D eigenvalue weighted by atomic mass is 16.5. The van der Waals surface area contributed by atoms with E-state index in [-0.39, 0.29) is 11.6 Å². The number of nitrogens with two attached hydrogens (primary N) is 1. The molecule has 0 aromatic heterocycles. The summed E-state index contributed by atoms with van der Waals surface area (Å²) in [6, 6.07) is 0.236. The van der Waals surface area contributed by atoms with Crippen LogP contribution in [-0.4, -0.2) is 32.0 Å². The van der Waals surface area contributed by atoms with E-state index in [0.29, 0.717) is 0 Å². The third-order valence-electron chi connectivity index (χ3n) is 3.03. The maximum atomic E-state index is 5.74. The second-order valence-corrected chi connectivity index (χ2v) is 4.12. The van der Waals surface area contributed by atoms with E-state index in [1.165, 1.54) is 0 Å². The zero-order valence-electron chi connectivity index (χ0n) is 9.21. The van der Waals surface area contributed by atoms with Crippen LogP contribution in [0.4, 0.5) is 0 Å². The Bertz CT molecular complexity index is 158. The van der Waals surface area contributed by atoms with Gasteiger partial charge in [0, 0.05) is 26.4 Å². The van der Waals surface area contributed by atoms with E-state index in [1.807, 2.05) is 0 Å². The molecule has 1 fully saturated rings. The third-order valence-corrected chi connectivity index (χ3v) is 3.03. The van der Waals surface area contributed by atoms with E-state index in [9.17, 15) is 0 Å². The Hall–Kier alpha value is -0.160. The monoisotopic (exact) mass is 202 g/mol. The maximum absolute atomic E-state index is 5.74. The Morgan fingerprint density at radius 1 is 1.64 bits per heavy atom. The molecule has 4 nitrogen and oxygen atoms in total. The third kappa shape index (κ3) is 2.92. The Labute approximate surface area is 86.1 Å². The molecule has 0 aromatic rings. The highest BCUT2D eigenvalue weighted by Crippen LogP contribution is 2.30. The number of hydrogen-bond donors (Lipinski definition) is 2. The van der Waals surface area contributed by atoms with Crippen molar-refractivity contribution in [2.75, 3.05) is 20.3 Å². The molecular formula is C10H22N2O2. The minimum Gasteiger partial charge on any atom is -0.385 e. The predicted octanol–water partition coefficient (Wildman–Crippen LogP) is 0.814. The molecule has 0 spiro atoms. The van der Waals surface area contributed by atoms with Gasteiger partial charge in [-0.25, -0.2) is 0 Å². The van der Waals surface area contributed by atoms with Gasteiger partial charge in [0.05, 0.1) is 5.60 Å². The highest BCUT2D eigenvalue weighted by Gasteiger charge is 2.37. The summed E-state index contributed by atoms with van der Waals surface area (Å²) in [5, 5.41) is 0. The largest absolute Gasteiger partial charge is 0.385 e. The van der Waals surface area contributed by atoms with Crippen LogP contribution in [0.15, 0.2) is 0 Å². The van der Waals surface area contributed by atoms with Crippen LogP contribution in [0, 0.1) is 0 Å². The quantitative estimate of drug-likeness (QED) is 0.380. The van der Waals surface area contributed by atoms with Crippen LogP contribution in [0.25, 0.3) is 0 Å². The van der Waals surface area contributed by atoms with Gasteiger partial charge in [-0.2, -0.15) is 0 Å². The SMILES string of the molecule is COCCCC(NN)C1(C)CCCO1. The molecule has 1 saturated heterocycles. The van der Waals surface area contributed by atoms with Gasteiger partial charge in [-0.15, -0.1) is 0 Å². The number of hydrogen-bond acceptors (Lipinski definition) is 4. The summed E-state index contributed by atoms with van der Waals surface area (Å²) >= 11 is 0. The van der Waals surface area contributed by atoms with Crippen LogP contribution >= 0.6 is 0 Å². The van der Waals surface area contributed by atoms with Crippen molar-refractivity contribution in [2.45, 2.75) is 44.2 Å². The lowest BCUT2D eigenvalue weighted by molar-refractivity contribution is -0.0157. The molecule has 0 radical (unpaired) electrons. The zero-order chi connectivity index (χ0) is 10.4. The minimum absolute atomic E-state index is 0.0809. The highest BCUT2D eigenvalue weighted by molar-refractivity contribution is 4.91. The topological polar surface area (TPSA) is 56.5 Å². The predicted molar refractivity (Wildman–Crippen MR) is 55.8 cm³/mol. The summed E-state index contributed by atoms with van der Waals surface area (Å²) in [6.07, 6.45) is 4.25. The molecule has 0 aliphatic carbocycles. The molecule has 1 heterocycles. The lowest BCUT2D eigenvalue weighted by Crippen LogP contribution is -2.51. The van der Waals surface area contributed by atoms with Gasteiger partial charge in [0.25, 0.3) is 0 Å². The van der Waals surface area contributed by atoms with Crippen molar-refractivity contribution in [3.63, 3.8) is 0 Å². The van der Waals surface area contributed by atoms with E-state index >= 15 is 0 Å². The van der Waals surface area contributed by atoms with Crippen molar-refractivity contribution in [3.8, 4) is 0 Å². The maximum Gasteiger partial charge on any atom is 0.0821 e. The summed E-state index contributed by atoms with van der Waals surface area (Å²) in [7, 11) is 1.72. The lowest BCUT2D eigenvalue weighted by Gasteiger charge is -2.32. The van der Waals surface area contributed by atoms with Crippen molar-refractivity contribution in [2.24, 2.45) is 5.84 Å². The summed E-state index contributed by atoms with van der Waals surface area (Å²) in [5.74, 6) is 5.55. The van der Waals surface area contributed by atoms with Gasteiger partial charge in [-0.1, -0.05) is 0 Å². The van der Waals surface area contributed by atoms with E-state index in [4.69, 9.17) is 15.3 Å². The van der Waals surface area contributed by atoms with Crippen LogP contribution in [0.3, 0.4) is 0 Å². The fraction of sp³-hybridized carbons (Fsp3) is 1.00. The van der Waals surface area contributed by atoms with Gasteiger partial charge in [-0.3, -0.25) is 11.3 Å². The first-order chi connectivity index (χ1) is 6.73. The average Bonchev–Trinajstić information content (AvgIpc) is 2.61. The van der Waals surface area contributed by atoms with Crippen molar-refractivity contribution in [1.29, 1.82) is 0 Å². The van der Waals surface area contributed by atoms with Crippen molar-refractivity contribution in [3.05, 3.63) is 0 Å². The van der Waals surface area contributed by atoms with Gasteiger partial charge < -0.3 is 9.47 Å². The number of rotatable bonds is 6. The lowest BCUT2D eigenvalue weighted by atomic mass is 9.90. The van der Waals surface area contributed by atoms with Crippen molar-refractivity contribution >= 4 is 0 Å². The smallest absolute Gasteiger partial charge is 0.0821 e. The number of nitrogens with one attached hydrogen (secondary N) is 1. The van der Waals surface area contributed by atoms with Gasteiger partial charge >= 0.3 is 0 Å². The second-order valence-electron chi connectivity index (χ2n) is 4.12. The molecule has 1 rings (SSSR count). The average molecular weight is 202 g/mol. The number of hydrazine groups is 1. The summed E-state index contributed by atoms with van der Waals surface area (Å²) in [4.78, 5) is 0. The molecule has 14 heavy (non-hydrogen) atoms. The van der Waals surface area contributed by atoms with Gasteiger partial charge in [0.1, 0.15) is 0 Å². The van der Waals surface area contributed by atoms with Crippen LogP contribution in [-0.2, 0) is 9.47 Å². The van der Waals surface area contributed by atoms with E-state index in [1.54, 1.807) is 7.11 Å². The molecule has 1 aliphatic rings. The van der Waals surface area contributed by atoms with E-state index in [2.05, 4.69) is 12.3 Å². The first kappa shape index (κ1) is 11.9. The summed E-state index contributed by atoms with van der Waals surface area (Å²) in [6.45, 7) is 3.78. The van der Waals surface area contributed by atoms with Crippen molar-refractivity contribution in [1.82, 2.24) is 5.43 Å². The van der Waals surface area contributed by atoms with Gasteiger partial charge in [0.15, 0.2) is 0 Å². The Morgan fingerprint density at radius 3 is 2.93 bits per heavy atom. The van der Waals surface area contributed by atoms with Crippen LogP contribution in [0.2, 0.25) is 0 Å². The molecule has 0 saturated carbocycles. The number of methoxy groups -OCH3 is 1. The molecule has 4 heteroatoms. The molecule has 3 N–H and O–H groups in total. The molecule has 1 aliphatic heterocycles. The normalized spacial score (nSPS) is 29.4. The zero-order valence-corrected chi connectivity index (χ0v) is 9.21. The van der Waals surface area contributed by atoms with Gasteiger partial charge in [-0.05, 0) is 32.6 Å². The minimum atomic E-state index is -0.0809. The first-order valence-electron chi connectivity index (χ1n) is 5.32. The molecule has 0 aromatic carbocycles. The fourth-order valence-corrected chi connectivity index (χ4v) is 2.07. The van der Waals surface area contributed by atoms with Crippen LogP contribution < -0.4 is 11.3 Å². The fourth-order valence-electron chi connectivity index (χ4n) is 2.07. The number of ether oxygens (including phenoxy) is 2. The van der Waals surface area contributed by atoms with E-state index in [0.717, 1.165) is 38.9 Å².